The fourth-order valence-corrected chi connectivity index (χ4v) is 2.10. The van der Waals surface area contributed by atoms with Crippen molar-refractivity contribution in [2.24, 2.45) is 0 Å². The standard InChI is InChI=1S/C12H20N4O/c1-9-7-10(14-13-9)11(17)16-6-5-15(4)12(2,3)8-16/h7H,5-6,8H2,1-4H3,(H,13,14). The van der Waals surface area contributed by atoms with Crippen molar-refractivity contribution in [3.8, 4) is 0 Å². The summed E-state index contributed by atoms with van der Waals surface area (Å²) in [4.78, 5) is 16.4. The molecule has 94 valence electrons. The lowest BCUT2D eigenvalue weighted by Gasteiger charge is -2.45. The van der Waals surface area contributed by atoms with Crippen molar-refractivity contribution in [2.75, 3.05) is 26.7 Å². The molecule has 0 atom stereocenters. The van der Waals surface area contributed by atoms with Crippen LogP contribution in [0, 0.1) is 6.92 Å². The summed E-state index contributed by atoms with van der Waals surface area (Å²) in [5.74, 6) is 0.0236. The van der Waals surface area contributed by atoms with E-state index in [4.69, 9.17) is 0 Å². The van der Waals surface area contributed by atoms with Gasteiger partial charge in [-0.05, 0) is 33.9 Å². The Labute approximate surface area is 102 Å². The first-order valence-corrected chi connectivity index (χ1v) is 5.93. The van der Waals surface area contributed by atoms with Gasteiger partial charge in [0.25, 0.3) is 5.91 Å². The topological polar surface area (TPSA) is 52.2 Å². The van der Waals surface area contributed by atoms with E-state index in [9.17, 15) is 4.79 Å². The van der Waals surface area contributed by atoms with Crippen LogP contribution in [0.15, 0.2) is 6.07 Å². The first-order chi connectivity index (χ1) is 7.90. The molecule has 0 saturated carbocycles. The summed E-state index contributed by atoms with van der Waals surface area (Å²) in [6, 6.07) is 1.80. The second-order valence-electron chi connectivity index (χ2n) is 5.40. The zero-order valence-electron chi connectivity index (χ0n) is 10.9. The van der Waals surface area contributed by atoms with E-state index >= 15 is 0 Å². The van der Waals surface area contributed by atoms with Crippen molar-refractivity contribution in [2.45, 2.75) is 26.3 Å². The molecular weight excluding hydrogens is 216 g/mol. The Morgan fingerprint density at radius 1 is 1.47 bits per heavy atom. The number of rotatable bonds is 1. The van der Waals surface area contributed by atoms with Crippen LogP contribution in [0.3, 0.4) is 0 Å². The maximum absolute atomic E-state index is 12.2. The Bertz CT molecular complexity index is 424. The molecule has 1 aliphatic rings. The number of nitrogens with zero attached hydrogens (tertiary/aromatic N) is 3. The molecule has 1 aromatic heterocycles. The number of H-pyrrole nitrogens is 1. The molecule has 0 radical (unpaired) electrons. The largest absolute Gasteiger partial charge is 0.334 e. The number of hydrogen-bond donors (Lipinski definition) is 1. The molecule has 1 aliphatic heterocycles. The highest BCUT2D eigenvalue weighted by molar-refractivity contribution is 5.92. The minimum atomic E-state index is 0.0236. The molecule has 0 spiro atoms. The second-order valence-corrected chi connectivity index (χ2v) is 5.40. The number of aryl methyl sites for hydroxylation is 1. The lowest BCUT2D eigenvalue weighted by molar-refractivity contribution is 0.0307. The number of amides is 1. The summed E-state index contributed by atoms with van der Waals surface area (Å²) in [5, 5.41) is 6.84. The summed E-state index contributed by atoms with van der Waals surface area (Å²) >= 11 is 0. The average molecular weight is 236 g/mol. The van der Waals surface area contributed by atoms with Gasteiger partial charge in [-0.2, -0.15) is 5.10 Å². The lowest BCUT2D eigenvalue weighted by Crippen LogP contribution is -2.58. The molecule has 0 unspecified atom stereocenters. The zero-order valence-corrected chi connectivity index (χ0v) is 10.9. The smallest absolute Gasteiger partial charge is 0.274 e. The van der Waals surface area contributed by atoms with E-state index < -0.39 is 0 Å². The van der Waals surface area contributed by atoms with Gasteiger partial charge in [0, 0.05) is 30.9 Å². The third-order valence-corrected chi connectivity index (χ3v) is 3.53. The molecule has 1 aromatic rings. The van der Waals surface area contributed by atoms with Gasteiger partial charge < -0.3 is 4.90 Å². The Morgan fingerprint density at radius 2 is 2.18 bits per heavy atom. The lowest BCUT2D eigenvalue weighted by atomic mass is 9.99. The Kier molecular flexibility index (Phi) is 2.95. The zero-order chi connectivity index (χ0) is 12.6. The number of piperazine rings is 1. The van der Waals surface area contributed by atoms with E-state index in [1.54, 1.807) is 6.07 Å². The monoisotopic (exact) mass is 236 g/mol. The minimum absolute atomic E-state index is 0.0236. The number of carbonyl (C=O) groups excluding carboxylic acids is 1. The van der Waals surface area contributed by atoms with Crippen molar-refractivity contribution in [1.29, 1.82) is 0 Å². The summed E-state index contributed by atoms with van der Waals surface area (Å²) in [6.07, 6.45) is 0. The van der Waals surface area contributed by atoms with E-state index in [1.807, 2.05) is 11.8 Å². The molecule has 1 fully saturated rings. The van der Waals surface area contributed by atoms with Crippen molar-refractivity contribution >= 4 is 5.91 Å². The highest BCUT2D eigenvalue weighted by Crippen LogP contribution is 2.20. The molecular formula is C12H20N4O. The molecule has 5 heteroatoms. The first kappa shape index (κ1) is 12.1. The number of aromatic nitrogens is 2. The number of likely N-dealkylation sites (N-methyl/N-ethyl adjacent to an activating group) is 1. The number of hydrogen-bond acceptors (Lipinski definition) is 3. The molecule has 5 nitrogen and oxygen atoms in total. The van der Waals surface area contributed by atoms with Crippen LogP contribution in [0.1, 0.15) is 30.0 Å². The molecule has 1 amide bonds. The van der Waals surface area contributed by atoms with E-state index in [1.165, 1.54) is 0 Å². The normalized spacial score (nSPS) is 20.6. The summed E-state index contributed by atoms with van der Waals surface area (Å²) in [7, 11) is 2.10. The summed E-state index contributed by atoms with van der Waals surface area (Å²) in [6.45, 7) is 8.63. The van der Waals surface area contributed by atoms with Gasteiger partial charge in [0.2, 0.25) is 0 Å². The summed E-state index contributed by atoms with van der Waals surface area (Å²) < 4.78 is 0. The second kappa shape index (κ2) is 4.14. The third-order valence-electron chi connectivity index (χ3n) is 3.53. The highest BCUT2D eigenvalue weighted by Gasteiger charge is 2.34. The predicted octanol–water partition coefficient (Wildman–Crippen LogP) is 0.884. The van der Waals surface area contributed by atoms with Crippen molar-refractivity contribution in [3.63, 3.8) is 0 Å². The molecule has 0 aliphatic carbocycles. The van der Waals surface area contributed by atoms with Gasteiger partial charge in [0.1, 0.15) is 5.69 Å². The van der Waals surface area contributed by atoms with Crippen LogP contribution < -0.4 is 0 Å². The van der Waals surface area contributed by atoms with E-state index in [2.05, 4.69) is 36.0 Å². The van der Waals surface area contributed by atoms with Gasteiger partial charge in [-0.15, -0.1) is 0 Å². The molecule has 0 bridgehead atoms. The molecule has 2 heterocycles. The van der Waals surface area contributed by atoms with E-state index in [0.717, 1.165) is 25.3 Å². The van der Waals surface area contributed by atoms with Crippen LogP contribution in [0.25, 0.3) is 0 Å². The van der Waals surface area contributed by atoms with Crippen molar-refractivity contribution < 1.29 is 4.79 Å². The third kappa shape index (κ3) is 2.34. The Hall–Kier alpha value is -1.36. The van der Waals surface area contributed by atoms with Gasteiger partial charge in [-0.25, -0.2) is 0 Å². The Balaban J connectivity index is 2.11. The van der Waals surface area contributed by atoms with Gasteiger partial charge in [-0.1, -0.05) is 0 Å². The fourth-order valence-electron chi connectivity index (χ4n) is 2.10. The molecule has 1 saturated heterocycles. The van der Waals surface area contributed by atoms with Crippen molar-refractivity contribution in [1.82, 2.24) is 20.0 Å². The summed E-state index contributed by atoms with van der Waals surface area (Å²) in [5.41, 5.74) is 1.46. The van der Waals surface area contributed by atoms with Crippen molar-refractivity contribution in [3.05, 3.63) is 17.5 Å². The number of carbonyl (C=O) groups is 1. The van der Waals surface area contributed by atoms with Gasteiger partial charge in [-0.3, -0.25) is 14.8 Å². The molecule has 2 rings (SSSR count). The van der Waals surface area contributed by atoms with E-state index in [-0.39, 0.29) is 11.4 Å². The fraction of sp³-hybridized carbons (Fsp3) is 0.667. The first-order valence-electron chi connectivity index (χ1n) is 5.93. The maximum atomic E-state index is 12.2. The predicted molar refractivity (Wildman–Crippen MR) is 65.9 cm³/mol. The van der Waals surface area contributed by atoms with Gasteiger partial charge in [0.05, 0.1) is 0 Å². The van der Waals surface area contributed by atoms with Crippen LogP contribution in [-0.4, -0.2) is 58.1 Å². The minimum Gasteiger partial charge on any atom is -0.334 e. The number of nitrogens with one attached hydrogen (secondary N) is 1. The molecule has 17 heavy (non-hydrogen) atoms. The Morgan fingerprint density at radius 3 is 2.71 bits per heavy atom. The quantitative estimate of drug-likeness (QED) is 0.787. The molecule has 0 aromatic carbocycles. The molecule has 1 N–H and O–H groups in total. The van der Waals surface area contributed by atoms with Crippen LogP contribution in [0.2, 0.25) is 0 Å². The van der Waals surface area contributed by atoms with Crippen LogP contribution in [0.5, 0.6) is 0 Å². The maximum Gasteiger partial charge on any atom is 0.274 e. The number of aromatic amines is 1. The SMILES string of the molecule is Cc1cc(C(=O)N2CCN(C)C(C)(C)C2)n[nH]1. The van der Waals surface area contributed by atoms with Crippen LogP contribution in [0.4, 0.5) is 0 Å². The van der Waals surface area contributed by atoms with Gasteiger partial charge in [0.15, 0.2) is 0 Å². The van der Waals surface area contributed by atoms with Gasteiger partial charge >= 0.3 is 0 Å². The van der Waals surface area contributed by atoms with Crippen LogP contribution >= 0.6 is 0 Å². The van der Waals surface area contributed by atoms with E-state index in [0.29, 0.717) is 5.69 Å². The van der Waals surface area contributed by atoms with Crippen LogP contribution in [-0.2, 0) is 0 Å². The highest BCUT2D eigenvalue weighted by atomic mass is 16.2. The average Bonchev–Trinajstić information content (AvgIpc) is 2.68.